The number of hydrogen-bond donors (Lipinski definition) is 0. The Morgan fingerprint density at radius 1 is 0.244 bits per heavy atom. The molecule has 0 saturated carbocycles. The van der Waals surface area contributed by atoms with Gasteiger partial charge >= 0.3 is 0 Å². The van der Waals surface area contributed by atoms with E-state index >= 15 is 0 Å². The van der Waals surface area contributed by atoms with Crippen LogP contribution in [0, 0.1) is 0 Å². The molecule has 1 heterocycles. The van der Waals surface area contributed by atoms with Crippen molar-refractivity contribution in [1.82, 2.24) is 0 Å². The van der Waals surface area contributed by atoms with Crippen LogP contribution in [0.2, 0.25) is 0 Å². The second-order valence-electron chi connectivity index (χ2n) is 14.1. The first-order chi connectivity index (χ1) is 20.4. The molecule has 0 aliphatic carbocycles. The highest BCUT2D eigenvalue weighted by atomic mass is 16.6. The third kappa shape index (κ3) is 29.8. The van der Waals surface area contributed by atoms with Gasteiger partial charge < -0.3 is 4.74 Å². The molecule has 0 amide bonds. The largest absolute Gasteiger partial charge is 0.370 e. The molecule has 0 aromatic carbocycles. The molecule has 2 unspecified atom stereocenters. The summed E-state index contributed by atoms with van der Waals surface area (Å²) in [5.74, 6) is 0. The molecule has 0 radical (unpaired) electrons. The van der Waals surface area contributed by atoms with Gasteiger partial charge in [-0.3, -0.25) is 0 Å². The quantitative estimate of drug-likeness (QED) is 0.0533. The summed E-state index contributed by atoms with van der Waals surface area (Å²) in [5.41, 5.74) is 0. The maximum atomic E-state index is 5.86. The van der Waals surface area contributed by atoms with Crippen molar-refractivity contribution in [2.45, 2.75) is 257 Å². The topological polar surface area (TPSA) is 12.5 Å². The minimum atomic E-state index is 0.635. The first-order valence-electron chi connectivity index (χ1n) is 20.0. The van der Waals surface area contributed by atoms with Crippen LogP contribution in [0.1, 0.15) is 245 Å². The Hall–Kier alpha value is -0.0400. The van der Waals surface area contributed by atoms with Crippen LogP contribution in [-0.2, 0) is 4.74 Å². The van der Waals surface area contributed by atoms with E-state index in [0.29, 0.717) is 12.2 Å². The van der Waals surface area contributed by atoms with Gasteiger partial charge in [-0.2, -0.15) is 0 Å². The predicted molar refractivity (Wildman–Crippen MR) is 186 cm³/mol. The first-order valence-corrected chi connectivity index (χ1v) is 20.0. The summed E-state index contributed by atoms with van der Waals surface area (Å²) in [6, 6.07) is 0. The fraction of sp³-hybridized carbons (Fsp3) is 1.00. The van der Waals surface area contributed by atoms with Crippen LogP contribution in [0.5, 0.6) is 0 Å². The van der Waals surface area contributed by atoms with Crippen molar-refractivity contribution in [2.24, 2.45) is 0 Å². The Labute approximate surface area is 261 Å². The normalized spacial score (nSPS) is 16.5. The van der Waals surface area contributed by atoms with Crippen molar-refractivity contribution >= 4 is 0 Å². The Morgan fingerprint density at radius 2 is 0.415 bits per heavy atom. The van der Waals surface area contributed by atoms with E-state index in [2.05, 4.69) is 13.8 Å². The van der Waals surface area contributed by atoms with E-state index in [4.69, 9.17) is 4.74 Å². The molecule has 1 aliphatic rings. The van der Waals surface area contributed by atoms with E-state index in [1.807, 2.05) is 0 Å². The van der Waals surface area contributed by atoms with Crippen molar-refractivity contribution < 1.29 is 4.74 Å². The fourth-order valence-electron chi connectivity index (χ4n) is 6.83. The van der Waals surface area contributed by atoms with E-state index in [1.165, 1.54) is 231 Å². The van der Waals surface area contributed by atoms with Crippen LogP contribution >= 0.6 is 0 Å². The van der Waals surface area contributed by atoms with Crippen molar-refractivity contribution in [2.75, 3.05) is 0 Å². The van der Waals surface area contributed by atoms with Crippen LogP contribution < -0.4 is 0 Å². The first kappa shape index (κ1) is 39.0. The standard InChI is InChI=1S/C40H80O/c1-3-5-7-9-10-11-12-13-14-15-16-17-18-19-20-21-22-23-24-25-26-27-28-29-30-31-32-33-34-36-38-40-39(41-40)37-35-8-6-4-2/h39-40H,3-38H2,1-2H3. The van der Waals surface area contributed by atoms with Crippen LogP contribution in [0.15, 0.2) is 0 Å². The molecule has 246 valence electrons. The van der Waals surface area contributed by atoms with Gasteiger partial charge in [-0.25, -0.2) is 0 Å². The monoisotopic (exact) mass is 577 g/mol. The molecular weight excluding hydrogens is 496 g/mol. The van der Waals surface area contributed by atoms with Crippen molar-refractivity contribution in [1.29, 1.82) is 0 Å². The van der Waals surface area contributed by atoms with Gasteiger partial charge in [0.05, 0.1) is 12.2 Å². The summed E-state index contributed by atoms with van der Waals surface area (Å²) in [6.07, 6.45) is 53.7. The van der Waals surface area contributed by atoms with Gasteiger partial charge in [-0.15, -0.1) is 0 Å². The zero-order valence-corrected chi connectivity index (χ0v) is 29.0. The lowest BCUT2D eigenvalue weighted by molar-refractivity contribution is 0.347. The van der Waals surface area contributed by atoms with E-state index in [1.54, 1.807) is 0 Å². The number of hydrogen-bond acceptors (Lipinski definition) is 1. The Morgan fingerprint density at radius 3 is 0.634 bits per heavy atom. The molecule has 2 atom stereocenters. The van der Waals surface area contributed by atoms with E-state index < -0.39 is 0 Å². The molecule has 1 fully saturated rings. The molecule has 0 N–H and O–H groups in total. The lowest BCUT2D eigenvalue weighted by Crippen LogP contribution is -1.94. The third-order valence-corrected chi connectivity index (χ3v) is 9.87. The SMILES string of the molecule is CCCCCCCCCCCCCCCCCCCCCCCCCCCCCCCCC1OC1CCCCCC. The van der Waals surface area contributed by atoms with Crippen LogP contribution in [0.3, 0.4) is 0 Å². The lowest BCUT2D eigenvalue weighted by atomic mass is 10.0. The maximum Gasteiger partial charge on any atom is 0.0841 e. The average molecular weight is 577 g/mol. The summed E-state index contributed by atoms with van der Waals surface area (Å²) < 4.78 is 5.86. The summed E-state index contributed by atoms with van der Waals surface area (Å²) in [4.78, 5) is 0. The van der Waals surface area contributed by atoms with Gasteiger partial charge in [0.25, 0.3) is 0 Å². The van der Waals surface area contributed by atoms with Crippen LogP contribution in [0.25, 0.3) is 0 Å². The highest BCUT2D eigenvalue weighted by Crippen LogP contribution is 2.31. The molecule has 0 bridgehead atoms. The second kappa shape index (κ2) is 32.9. The second-order valence-corrected chi connectivity index (χ2v) is 14.1. The summed E-state index contributed by atoms with van der Waals surface area (Å²) in [6.45, 7) is 4.60. The van der Waals surface area contributed by atoms with E-state index in [0.717, 1.165) is 0 Å². The molecule has 1 aliphatic heterocycles. The lowest BCUT2D eigenvalue weighted by Gasteiger charge is -2.04. The van der Waals surface area contributed by atoms with Gasteiger partial charge in [-0.1, -0.05) is 232 Å². The summed E-state index contributed by atoms with van der Waals surface area (Å²) >= 11 is 0. The Balaban J connectivity index is 1.61. The zero-order chi connectivity index (χ0) is 29.3. The number of ether oxygens (including phenoxy) is 1. The molecule has 1 nitrogen and oxygen atoms in total. The zero-order valence-electron chi connectivity index (χ0n) is 29.0. The molecule has 1 saturated heterocycles. The summed E-state index contributed by atoms with van der Waals surface area (Å²) in [5, 5.41) is 0. The van der Waals surface area contributed by atoms with Crippen LogP contribution in [0.4, 0.5) is 0 Å². The van der Waals surface area contributed by atoms with Crippen molar-refractivity contribution in [3.05, 3.63) is 0 Å². The van der Waals surface area contributed by atoms with Gasteiger partial charge in [0.15, 0.2) is 0 Å². The van der Waals surface area contributed by atoms with Crippen molar-refractivity contribution in [3.63, 3.8) is 0 Å². The Kier molecular flexibility index (Phi) is 31.2. The highest BCUT2D eigenvalue weighted by molar-refractivity contribution is 4.84. The minimum Gasteiger partial charge on any atom is -0.370 e. The van der Waals surface area contributed by atoms with Gasteiger partial charge in [0.2, 0.25) is 0 Å². The minimum absolute atomic E-state index is 0.635. The van der Waals surface area contributed by atoms with Gasteiger partial charge in [0.1, 0.15) is 0 Å². The van der Waals surface area contributed by atoms with Gasteiger partial charge in [-0.05, 0) is 12.8 Å². The maximum absolute atomic E-state index is 5.86. The Bertz CT molecular complexity index is 473. The average Bonchev–Trinajstić information content (AvgIpc) is 3.74. The van der Waals surface area contributed by atoms with E-state index in [9.17, 15) is 0 Å². The van der Waals surface area contributed by atoms with Crippen LogP contribution in [-0.4, -0.2) is 12.2 Å². The molecule has 0 aromatic rings. The third-order valence-electron chi connectivity index (χ3n) is 9.87. The fourth-order valence-corrected chi connectivity index (χ4v) is 6.83. The van der Waals surface area contributed by atoms with Crippen molar-refractivity contribution in [3.8, 4) is 0 Å². The number of epoxide rings is 1. The molecule has 41 heavy (non-hydrogen) atoms. The molecule has 1 rings (SSSR count). The predicted octanol–water partition coefficient (Wildman–Crippen LogP) is 14.8. The highest BCUT2D eigenvalue weighted by Gasteiger charge is 2.36. The molecule has 1 heteroatoms. The summed E-state index contributed by atoms with van der Waals surface area (Å²) in [7, 11) is 0. The number of unbranched alkanes of at least 4 members (excludes halogenated alkanes) is 32. The molecule has 0 aromatic heterocycles. The van der Waals surface area contributed by atoms with E-state index in [-0.39, 0.29) is 0 Å². The molecule has 0 spiro atoms. The van der Waals surface area contributed by atoms with Gasteiger partial charge in [0, 0.05) is 0 Å². The smallest absolute Gasteiger partial charge is 0.0841 e. The number of rotatable bonds is 36. The molecular formula is C40H80O.